The molecular weight excluding hydrogens is 172 g/mol. The molecule has 0 saturated carbocycles. The lowest BCUT2D eigenvalue weighted by Gasteiger charge is -2.25. The maximum absolute atomic E-state index is 10.5. The van der Waals surface area contributed by atoms with Gasteiger partial charge >= 0.3 is 0 Å². The molecule has 0 aromatic rings. The first kappa shape index (κ1) is 11.5. The molecular formula is C13H22O. The van der Waals surface area contributed by atoms with Crippen LogP contribution < -0.4 is 0 Å². The number of hydrogen-bond donors (Lipinski definition) is 0. The van der Waals surface area contributed by atoms with Crippen molar-refractivity contribution in [3.05, 3.63) is 11.6 Å². The minimum Gasteiger partial charge on any atom is -0.303 e. The van der Waals surface area contributed by atoms with E-state index >= 15 is 0 Å². The summed E-state index contributed by atoms with van der Waals surface area (Å²) in [7, 11) is 0. The number of carbonyl (C=O) groups is 1. The molecule has 14 heavy (non-hydrogen) atoms. The van der Waals surface area contributed by atoms with Crippen LogP contribution >= 0.6 is 0 Å². The Hall–Kier alpha value is -0.590. The van der Waals surface area contributed by atoms with Gasteiger partial charge in [-0.05, 0) is 37.5 Å². The molecule has 2 atom stereocenters. The molecule has 0 unspecified atom stereocenters. The molecule has 0 aliphatic heterocycles. The Labute approximate surface area is 87.6 Å². The monoisotopic (exact) mass is 194 g/mol. The summed E-state index contributed by atoms with van der Waals surface area (Å²) in [5, 5.41) is 0. The highest BCUT2D eigenvalue weighted by atomic mass is 16.1. The van der Waals surface area contributed by atoms with Crippen LogP contribution in [0.15, 0.2) is 11.6 Å². The molecule has 1 aliphatic rings. The number of carbonyl (C=O) groups excluding carboxylic acids is 1. The van der Waals surface area contributed by atoms with E-state index in [1.807, 2.05) is 6.92 Å². The van der Waals surface area contributed by atoms with E-state index in [1.54, 1.807) is 0 Å². The summed E-state index contributed by atoms with van der Waals surface area (Å²) in [5.41, 5.74) is 1.50. The molecule has 0 amide bonds. The highest BCUT2D eigenvalue weighted by molar-refractivity contribution is 5.53. The average Bonchev–Trinajstić information content (AvgIpc) is 2.18. The zero-order chi connectivity index (χ0) is 10.6. The van der Waals surface area contributed by atoms with E-state index in [2.05, 4.69) is 19.9 Å². The van der Waals surface area contributed by atoms with Crippen molar-refractivity contribution < 1.29 is 4.79 Å². The van der Waals surface area contributed by atoms with Gasteiger partial charge < -0.3 is 4.79 Å². The zero-order valence-corrected chi connectivity index (χ0v) is 9.62. The van der Waals surface area contributed by atoms with Gasteiger partial charge in [-0.2, -0.15) is 0 Å². The van der Waals surface area contributed by atoms with Crippen LogP contribution in [0.4, 0.5) is 0 Å². The van der Waals surface area contributed by atoms with Gasteiger partial charge in [-0.15, -0.1) is 0 Å². The van der Waals surface area contributed by atoms with E-state index in [4.69, 9.17) is 0 Å². The molecule has 0 spiro atoms. The summed E-state index contributed by atoms with van der Waals surface area (Å²) in [5.74, 6) is 1.87. The van der Waals surface area contributed by atoms with Crippen LogP contribution in [0.1, 0.15) is 46.5 Å². The Morgan fingerprint density at radius 1 is 1.50 bits per heavy atom. The lowest BCUT2D eigenvalue weighted by atomic mass is 9.81. The maximum Gasteiger partial charge on any atom is 0.123 e. The van der Waals surface area contributed by atoms with Crippen molar-refractivity contribution in [3.63, 3.8) is 0 Å². The highest BCUT2D eigenvalue weighted by Crippen LogP contribution is 2.31. The smallest absolute Gasteiger partial charge is 0.123 e. The van der Waals surface area contributed by atoms with Crippen LogP contribution in [-0.2, 0) is 4.79 Å². The third-order valence-corrected chi connectivity index (χ3v) is 3.30. The van der Waals surface area contributed by atoms with E-state index in [0.717, 1.165) is 24.5 Å². The minimum atomic E-state index is 0.205. The van der Waals surface area contributed by atoms with Gasteiger partial charge in [-0.25, -0.2) is 0 Å². The van der Waals surface area contributed by atoms with E-state index in [9.17, 15) is 4.79 Å². The molecule has 0 radical (unpaired) electrons. The third kappa shape index (κ3) is 3.28. The topological polar surface area (TPSA) is 17.1 Å². The summed E-state index contributed by atoms with van der Waals surface area (Å²) in [4.78, 5) is 10.5. The molecule has 1 rings (SSSR count). The fraction of sp³-hybridized carbons (Fsp3) is 0.769. The third-order valence-electron chi connectivity index (χ3n) is 3.30. The Kier molecular flexibility index (Phi) is 4.37. The van der Waals surface area contributed by atoms with Crippen LogP contribution in [0.25, 0.3) is 0 Å². The van der Waals surface area contributed by atoms with E-state index in [0.29, 0.717) is 0 Å². The molecule has 0 heterocycles. The van der Waals surface area contributed by atoms with E-state index in [1.165, 1.54) is 24.8 Å². The average molecular weight is 194 g/mol. The van der Waals surface area contributed by atoms with Gasteiger partial charge in [-0.3, -0.25) is 0 Å². The number of rotatable bonds is 4. The largest absolute Gasteiger partial charge is 0.303 e. The molecule has 0 fully saturated rings. The second-order valence-electron chi connectivity index (χ2n) is 4.96. The minimum absolute atomic E-state index is 0.205. The highest BCUT2D eigenvalue weighted by Gasteiger charge is 2.17. The zero-order valence-electron chi connectivity index (χ0n) is 9.62. The van der Waals surface area contributed by atoms with Gasteiger partial charge in [-0.1, -0.05) is 32.4 Å². The quantitative estimate of drug-likeness (QED) is 0.493. The predicted molar refractivity (Wildman–Crippen MR) is 60.1 cm³/mol. The normalized spacial score (nSPS) is 24.6. The molecule has 0 N–H and O–H groups in total. The van der Waals surface area contributed by atoms with Crippen LogP contribution in [0.5, 0.6) is 0 Å². The van der Waals surface area contributed by atoms with Gasteiger partial charge in [0.05, 0.1) is 0 Å². The van der Waals surface area contributed by atoms with Crippen molar-refractivity contribution in [2.75, 3.05) is 0 Å². The van der Waals surface area contributed by atoms with Crippen molar-refractivity contribution in [2.45, 2.75) is 46.5 Å². The first-order valence-corrected chi connectivity index (χ1v) is 5.76. The van der Waals surface area contributed by atoms with Crippen LogP contribution in [-0.4, -0.2) is 6.29 Å². The first-order chi connectivity index (χ1) is 6.63. The Morgan fingerprint density at radius 2 is 2.21 bits per heavy atom. The molecule has 0 saturated heterocycles. The second kappa shape index (κ2) is 5.33. The molecule has 0 aromatic heterocycles. The fourth-order valence-corrected chi connectivity index (χ4v) is 2.16. The summed E-state index contributed by atoms with van der Waals surface area (Å²) < 4.78 is 0. The van der Waals surface area contributed by atoms with E-state index < -0.39 is 0 Å². The fourth-order valence-electron chi connectivity index (χ4n) is 2.16. The van der Waals surface area contributed by atoms with Gasteiger partial charge in [0.2, 0.25) is 0 Å². The summed E-state index contributed by atoms with van der Waals surface area (Å²) >= 11 is 0. The summed E-state index contributed by atoms with van der Waals surface area (Å²) in [6, 6.07) is 0. The molecule has 0 bridgehead atoms. The maximum atomic E-state index is 10.5. The molecule has 0 aromatic carbocycles. The Bertz CT molecular complexity index is 215. The Balaban J connectivity index is 2.41. The molecule has 1 heteroatoms. The van der Waals surface area contributed by atoms with Gasteiger partial charge in [0.1, 0.15) is 6.29 Å². The van der Waals surface area contributed by atoms with Crippen molar-refractivity contribution in [2.24, 2.45) is 17.8 Å². The van der Waals surface area contributed by atoms with Crippen molar-refractivity contribution in [1.29, 1.82) is 0 Å². The Morgan fingerprint density at radius 3 is 2.64 bits per heavy atom. The van der Waals surface area contributed by atoms with Gasteiger partial charge in [0, 0.05) is 5.92 Å². The number of allylic oxidation sites excluding steroid dienone is 2. The summed E-state index contributed by atoms with van der Waals surface area (Å²) in [6.07, 6.45) is 8.16. The first-order valence-electron chi connectivity index (χ1n) is 5.76. The lowest BCUT2D eigenvalue weighted by Crippen LogP contribution is -2.13. The van der Waals surface area contributed by atoms with Gasteiger partial charge in [0.25, 0.3) is 0 Å². The van der Waals surface area contributed by atoms with E-state index in [-0.39, 0.29) is 5.92 Å². The van der Waals surface area contributed by atoms with Crippen molar-refractivity contribution in [1.82, 2.24) is 0 Å². The van der Waals surface area contributed by atoms with Crippen LogP contribution in [0.3, 0.4) is 0 Å². The standard InChI is InChI=1S/C13H22O/c1-10(2)13-6-4-12(5-7-13)8-11(3)9-14/h4,9-11,13H,5-8H2,1-3H3/t11-,13-/m1/s1. The molecule has 1 aliphatic carbocycles. The number of aldehydes is 1. The summed E-state index contributed by atoms with van der Waals surface area (Å²) in [6.45, 7) is 6.61. The predicted octanol–water partition coefficient (Wildman–Crippen LogP) is 3.59. The SMILES string of the molecule is CC(C)[C@@H]1CC=C(C[C@@H](C)C=O)CC1. The van der Waals surface area contributed by atoms with Crippen molar-refractivity contribution >= 4 is 6.29 Å². The number of hydrogen-bond acceptors (Lipinski definition) is 1. The van der Waals surface area contributed by atoms with Crippen LogP contribution in [0.2, 0.25) is 0 Å². The lowest BCUT2D eigenvalue weighted by molar-refractivity contribution is -0.110. The van der Waals surface area contributed by atoms with Gasteiger partial charge in [0.15, 0.2) is 0 Å². The van der Waals surface area contributed by atoms with Crippen LogP contribution in [0, 0.1) is 17.8 Å². The molecule has 1 nitrogen and oxygen atoms in total. The van der Waals surface area contributed by atoms with Crippen molar-refractivity contribution in [3.8, 4) is 0 Å². The molecule has 80 valence electrons. The second-order valence-corrected chi connectivity index (χ2v) is 4.96.